The first kappa shape index (κ1) is 19.4. The summed E-state index contributed by atoms with van der Waals surface area (Å²) in [5, 5.41) is 15.3. The molecule has 1 aliphatic heterocycles. The Morgan fingerprint density at radius 1 is 1.36 bits per heavy atom. The Morgan fingerprint density at radius 2 is 2.18 bits per heavy atom. The summed E-state index contributed by atoms with van der Waals surface area (Å²) < 4.78 is 0. The smallest absolute Gasteiger partial charge is 0.229 e. The molecule has 2 aromatic rings. The summed E-state index contributed by atoms with van der Waals surface area (Å²) in [7, 11) is 0. The van der Waals surface area contributed by atoms with Gasteiger partial charge < -0.3 is 21.3 Å². The van der Waals surface area contributed by atoms with Gasteiger partial charge in [-0.1, -0.05) is 13.3 Å². The molecule has 1 aromatic carbocycles. The van der Waals surface area contributed by atoms with Gasteiger partial charge in [0.1, 0.15) is 5.82 Å². The number of rotatable bonds is 6. The molecule has 0 aliphatic carbocycles. The van der Waals surface area contributed by atoms with Crippen molar-refractivity contribution in [1.29, 1.82) is 5.26 Å². The van der Waals surface area contributed by atoms with Gasteiger partial charge in [-0.05, 0) is 31.0 Å². The lowest BCUT2D eigenvalue weighted by Gasteiger charge is -2.19. The highest BCUT2D eigenvalue weighted by atomic mass is 16.1. The number of hydrogen-bond donors (Lipinski definition) is 3. The van der Waals surface area contributed by atoms with Crippen molar-refractivity contribution in [1.82, 2.24) is 15.3 Å². The molecule has 1 atom stereocenters. The molecule has 8 nitrogen and oxygen atoms in total. The van der Waals surface area contributed by atoms with Crippen LogP contribution in [0.5, 0.6) is 0 Å². The topological polar surface area (TPSA) is 120 Å². The van der Waals surface area contributed by atoms with Crippen molar-refractivity contribution in [2.75, 3.05) is 29.0 Å². The zero-order valence-electron chi connectivity index (χ0n) is 16.2. The number of hydrogen-bond acceptors (Lipinski definition) is 7. The molecular formula is C20H25N7O. The van der Waals surface area contributed by atoms with Crippen LogP contribution in [0.2, 0.25) is 0 Å². The molecule has 0 radical (unpaired) electrons. The lowest BCUT2D eigenvalue weighted by molar-refractivity contribution is -0.119. The average molecular weight is 379 g/mol. The normalized spacial score (nSPS) is 15.9. The second-order valence-electron chi connectivity index (χ2n) is 7.00. The first-order valence-electron chi connectivity index (χ1n) is 9.44. The zero-order valence-corrected chi connectivity index (χ0v) is 16.2. The highest BCUT2D eigenvalue weighted by Crippen LogP contribution is 2.24. The number of aryl methyl sites for hydroxylation is 1. The fourth-order valence-electron chi connectivity index (χ4n) is 3.38. The summed E-state index contributed by atoms with van der Waals surface area (Å²) in [4.78, 5) is 22.7. The second-order valence-corrected chi connectivity index (χ2v) is 7.00. The summed E-state index contributed by atoms with van der Waals surface area (Å²) >= 11 is 0. The maximum atomic E-state index is 11.3. The molecule has 0 saturated carbocycles. The third kappa shape index (κ3) is 4.88. The van der Waals surface area contributed by atoms with E-state index in [0.29, 0.717) is 22.9 Å². The van der Waals surface area contributed by atoms with Gasteiger partial charge in [0.15, 0.2) is 0 Å². The summed E-state index contributed by atoms with van der Waals surface area (Å²) in [6.07, 6.45) is 2.70. The number of carbonyl (C=O) groups is 1. The molecule has 4 N–H and O–H groups in total. The van der Waals surface area contributed by atoms with Crippen LogP contribution in [-0.2, 0) is 11.2 Å². The van der Waals surface area contributed by atoms with Gasteiger partial charge in [-0.2, -0.15) is 10.2 Å². The van der Waals surface area contributed by atoms with E-state index in [4.69, 9.17) is 11.0 Å². The van der Waals surface area contributed by atoms with Crippen LogP contribution in [0, 0.1) is 11.3 Å². The van der Waals surface area contributed by atoms with Crippen LogP contribution in [0.15, 0.2) is 24.3 Å². The molecule has 0 bridgehead atoms. The molecular weight excluding hydrogens is 354 g/mol. The Morgan fingerprint density at radius 3 is 2.89 bits per heavy atom. The number of benzene rings is 1. The average Bonchev–Trinajstić information content (AvgIpc) is 3.09. The molecule has 28 heavy (non-hydrogen) atoms. The van der Waals surface area contributed by atoms with Gasteiger partial charge in [0, 0.05) is 49.2 Å². The molecule has 1 aromatic heterocycles. The van der Waals surface area contributed by atoms with Crippen molar-refractivity contribution < 1.29 is 4.79 Å². The number of nitrogen functional groups attached to an aromatic ring is 1. The predicted molar refractivity (Wildman–Crippen MR) is 109 cm³/mol. The van der Waals surface area contributed by atoms with Crippen molar-refractivity contribution in [2.24, 2.45) is 0 Å². The van der Waals surface area contributed by atoms with E-state index in [1.165, 1.54) is 6.92 Å². The quantitative estimate of drug-likeness (QED) is 0.659. The van der Waals surface area contributed by atoms with Gasteiger partial charge in [-0.3, -0.25) is 4.79 Å². The lowest BCUT2D eigenvalue weighted by Crippen LogP contribution is -2.35. The molecule has 1 unspecified atom stereocenters. The van der Waals surface area contributed by atoms with E-state index < -0.39 is 0 Å². The van der Waals surface area contributed by atoms with Gasteiger partial charge in [-0.25, -0.2) is 4.98 Å². The van der Waals surface area contributed by atoms with E-state index in [0.717, 1.165) is 43.9 Å². The van der Waals surface area contributed by atoms with E-state index in [9.17, 15) is 4.79 Å². The Bertz CT molecular complexity index is 906. The minimum atomic E-state index is -0.0153. The molecule has 1 fully saturated rings. The second kappa shape index (κ2) is 8.57. The molecule has 1 amide bonds. The third-order valence-corrected chi connectivity index (χ3v) is 4.53. The van der Waals surface area contributed by atoms with Crippen LogP contribution in [0.3, 0.4) is 0 Å². The Balaban J connectivity index is 1.85. The van der Waals surface area contributed by atoms with Crippen LogP contribution in [0.4, 0.5) is 23.1 Å². The molecule has 8 heteroatoms. The number of amides is 1. The summed E-state index contributed by atoms with van der Waals surface area (Å²) in [6.45, 7) is 5.19. The van der Waals surface area contributed by atoms with Crippen LogP contribution >= 0.6 is 0 Å². The molecule has 3 rings (SSSR count). The van der Waals surface area contributed by atoms with Crippen molar-refractivity contribution >= 4 is 29.0 Å². The van der Waals surface area contributed by atoms with Crippen LogP contribution < -0.4 is 21.3 Å². The first-order chi connectivity index (χ1) is 13.5. The van der Waals surface area contributed by atoms with Gasteiger partial charge in [0.2, 0.25) is 11.9 Å². The van der Waals surface area contributed by atoms with E-state index in [1.807, 2.05) is 6.07 Å². The number of nitrogens with one attached hydrogen (secondary N) is 2. The standard InChI is InChI=1S/C20H25N7O/c1-3-4-16-10-19(27-6-5-17(12-27)23-13(2)28)26-20(24-16)25-18-8-14(11-21)7-15(22)9-18/h7-10,17H,3-6,12,22H2,1-2H3,(H,23,28)(H,24,25,26). The van der Waals surface area contributed by atoms with Crippen LogP contribution in [0.1, 0.15) is 37.9 Å². The Hall–Kier alpha value is -3.34. The predicted octanol–water partition coefficient (Wildman–Crippen LogP) is 2.34. The number of aromatic nitrogens is 2. The van der Waals surface area contributed by atoms with Gasteiger partial charge in [-0.15, -0.1) is 0 Å². The summed E-state index contributed by atoms with van der Waals surface area (Å²) in [6, 6.07) is 9.32. The third-order valence-electron chi connectivity index (χ3n) is 4.53. The number of carbonyl (C=O) groups excluding carboxylic acids is 1. The molecule has 146 valence electrons. The van der Waals surface area contributed by atoms with Crippen molar-refractivity contribution in [3.63, 3.8) is 0 Å². The monoisotopic (exact) mass is 379 g/mol. The maximum Gasteiger partial charge on any atom is 0.229 e. The largest absolute Gasteiger partial charge is 0.399 e. The summed E-state index contributed by atoms with van der Waals surface area (Å²) in [5.41, 5.74) is 8.48. The maximum absolute atomic E-state index is 11.3. The van der Waals surface area contributed by atoms with Gasteiger partial charge in [0.25, 0.3) is 0 Å². The zero-order chi connectivity index (χ0) is 20.1. The number of anilines is 4. The van der Waals surface area contributed by atoms with Gasteiger partial charge >= 0.3 is 0 Å². The highest BCUT2D eigenvalue weighted by molar-refractivity contribution is 5.73. The fourth-order valence-corrected chi connectivity index (χ4v) is 3.38. The summed E-state index contributed by atoms with van der Waals surface area (Å²) in [5.74, 6) is 1.29. The lowest BCUT2D eigenvalue weighted by atomic mass is 10.2. The van der Waals surface area contributed by atoms with Crippen molar-refractivity contribution in [3.8, 4) is 6.07 Å². The Kier molecular flexibility index (Phi) is 5.94. The SMILES string of the molecule is CCCc1cc(N2CCC(NC(C)=O)C2)nc(Nc2cc(N)cc(C#N)c2)n1. The van der Waals surface area contributed by atoms with Crippen molar-refractivity contribution in [2.45, 2.75) is 39.2 Å². The number of nitrogens with zero attached hydrogens (tertiary/aromatic N) is 4. The van der Waals surface area contributed by atoms with Crippen LogP contribution in [0.25, 0.3) is 0 Å². The Labute approximate surface area is 164 Å². The minimum absolute atomic E-state index is 0.0153. The molecule has 2 heterocycles. The first-order valence-corrected chi connectivity index (χ1v) is 9.44. The van der Waals surface area contributed by atoms with E-state index in [1.54, 1.807) is 18.2 Å². The van der Waals surface area contributed by atoms with E-state index in [-0.39, 0.29) is 11.9 Å². The number of nitrogens with two attached hydrogens (primary N) is 1. The van der Waals surface area contributed by atoms with E-state index in [2.05, 4.69) is 38.5 Å². The number of nitriles is 1. The van der Waals surface area contributed by atoms with Crippen molar-refractivity contribution in [3.05, 3.63) is 35.5 Å². The minimum Gasteiger partial charge on any atom is -0.399 e. The highest BCUT2D eigenvalue weighted by Gasteiger charge is 2.24. The fraction of sp³-hybridized carbons (Fsp3) is 0.400. The molecule has 1 saturated heterocycles. The molecule has 0 spiro atoms. The van der Waals surface area contributed by atoms with Crippen LogP contribution in [-0.4, -0.2) is 35.0 Å². The molecule has 1 aliphatic rings. The van der Waals surface area contributed by atoms with Gasteiger partial charge in [0.05, 0.1) is 11.6 Å². The van der Waals surface area contributed by atoms with E-state index >= 15 is 0 Å².